The number of aromatic nitrogens is 2. The highest BCUT2D eigenvalue weighted by atomic mass is 32.2. The molecule has 23 heavy (non-hydrogen) atoms. The molecular weight excluding hydrogens is 330 g/mol. The SMILES string of the molecule is CNS(=O)(=O)C[C@H](COC)O[C@H](COC)n1ccc(=O)[nH]c1=O. The van der Waals surface area contributed by atoms with Gasteiger partial charge in [-0.1, -0.05) is 0 Å². The second-order valence-electron chi connectivity index (χ2n) is 4.63. The van der Waals surface area contributed by atoms with Gasteiger partial charge in [-0.2, -0.15) is 0 Å². The number of hydrogen-bond acceptors (Lipinski definition) is 7. The van der Waals surface area contributed by atoms with Crippen LogP contribution in [0, 0.1) is 0 Å². The number of nitrogens with zero attached hydrogens (tertiary/aromatic N) is 1. The van der Waals surface area contributed by atoms with Gasteiger partial charge in [0.1, 0.15) is 0 Å². The minimum absolute atomic E-state index is 0.000766. The molecule has 2 atom stereocenters. The van der Waals surface area contributed by atoms with Gasteiger partial charge in [-0.3, -0.25) is 14.3 Å². The Labute approximate surface area is 133 Å². The fraction of sp³-hybridized carbons (Fsp3) is 0.667. The topological polar surface area (TPSA) is 129 Å². The Morgan fingerprint density at radius 3 is 2.43 bits per heavy atom. The average molecular weight is 351 g/mol. The van der Waals surface area contributed by atoms with Crippen LogP contribution in [-0.2, 0) is 24.2 Å². The molecule has 0 spiro atoms. The molecule has 0 aliphatic carbocycles. The molecule has 1 aromatic rings. The van der Waals surface area contributed by atoms with E-state index in [0.717, 1.165) is 10.6 Å². The molecule has 132 valence electrons. The van der Waals surface area contributed by atoms with Crippen LogP contribution in [0.15, 0.2) is 21.9 Å². The molecule has 0 fully saturated rings. The average Bonchev–Trinajstić information content (AvgIpc) is 2.47. The molecule has 0 unspecified atom stereocenters. The maximum atomic E-state index is 11.8. The molecule has 0 amide bonds. The lowest BCUT2D eigenvalue weighted by Crippen LogP contribution is -2.40. The first-order valence-electron chi connectivity index (χ1n) is 6.69. The van der Waals surface area contributed by atoms with E-state index < -0.39 is 33.6 Å². The van der Waals surface area contributed by atoms with Gasteiger partial charge in [0.2, 0.25) is 10.0 Å². The van der Waals surface area contributed by atoms with Crippen molar-refractivity contribution in [1.82, 2.24) is 14.3 Å². The van der Waals surface area contributed by atoms with Crippen LogP contribution in [0.3, 0.4) is 0 Å². The van der Waals surface area contributed by atoms with Crippen LogP contribution in [0.25, 0.3) is 0 Å². The van der Waals surface area contributed by atoms with Crippen molar-refractivity contribution in [2.75, 3.05) is 40.2 Å². The van der Waals surface area contributed by atoms with Crippen molar-refractivity contribution < 1.29 is 22.6 Å². The van der Waals surface area contributed by atoms with Gasteiger partial charge in [-0.05, 0) is 7.05 Å². The van der Waals surface area contributed by atoms with Crippen LogP contribution in [0.4, 0.5) is 0 Å². The van der Waals surface area contributed by atoms with E-state index in [2.05, 4.69) is 9.71 Å². The maximum absolute atomic E-state index is 11.8. The van der Waals surface area contributed by atoms with Crippen molar-refractivity contribution in [3.05, 3.63) is 33.1 Å². The minimum Gasteiger partial charge on any atom is -0.382 e. The van der Waals surface area contributed by atoms with Crippen LogP contribution in [0.2, 0.25) is 0 Å². The Hall–Kier alpha value is -1.53. The molecule has 0 radical (unpaired) electrons. The molecule has 1 aromatic heterocycles. The highest BCUT2D eigenvalue weighted by Gasteiger charge is 2.24. The fourth-order valence-corrected chi connectivity index (χ4v) is 2.68. The predicted molar refractivity (Wildman–Crippen MR) is 81.8 cm³/mol. The molecule has 0 bridgehead atoms. The van der Waals surface area contributed by atoms with E-state index in [4.69, 9.17) is 14.2 Å². The number of aromatic amines is 1. The number of sulfonamides is 1. The maximum Gasteiger partial charge on any atom is 0.330 e. The van der Waals surface area contributed by atoms with Gasteiger partial charge >= 0.3 is 5.69 Å². The van der Waals surface area contributed by atoms with E-state index in [9.17, 15) is 18.0 Å². The summed E-state index contributed by atoms with van der Waals surface area (Å²) in [7, 11) is 0.557. The fourth-order valence-electron chi connectivity index (χ4n) is 1.84. The largest absolute Gasteiger partial charge is 0.382 e. The highest BCUT2D eigenvalue weighted by Crippen LogP contribution is 2.11. The molecule has 0 aromatic carbocycles. The molecule has 0 saturated heterocycles. The summed E-state index contributed by atoms with van der Waals surface area (Å²) in [5, 5.41) is 0. The summed E-state index contributed by atoms with van der Waals surface area (Å²) in [6.45, 7) is -0.0228. The molecule has 2 N–H and O–H groups in total. The normalized spacial score (nSPS) is 14.6. The second kappa shape index (κ2) is 8.93. The first-order chi connectivity index (χ1) is 10.8. The van der Waals surface area contributed by atoms with Crippen molar-refractivity contribution in [3.63, 3.8) is 0 Å². The van der Waals surface area contributed by atoms with Crippen LogP contribution >= 0.6 is 0 Å². The number of H-pyrrole nitrogens is 1. The number of hydrogen-bond donors (Lipinski definition) is 2. The quantitative estimate of drug-likeness (QED) is 0.512. The monoisotopic (exact) mass is 351 g/mol. The number of nitrogens with one attached hydrogen (secondary N) is 2. The lowest BCUT2D eigenvalue weighted by Gasteiger charge is -2.25. The summed E-state index contributed by atoms with van der Waals surface area (Å²) >= 11 is 0. The van der Waals surface area contributed by atoms with Gasteiger partial charge in [0.25, 0.3) is 5.56 Å². The van der Waals surface area contributed by atoms with E-state index in [-0.39, 0.29) is 19.0 Å². The van der Waals surface area contributed by atoms with Crippen molar-refractivity contribution in [3.8, 4) is 0 Å². The van der Waals surface area contributed by atoms with E-state index >= 15 is 0 Å². The minimum atomic E-state index is -3.54. The van der Waals surface area contributed by atoms with E-state index in [1.807, 2.05) is 0 Å². The van der Waals surface area contributed by atoms with Gasteiger partial charge in [-0.25, -0.2) is 17.9 Å². The standard InChI is InChI=1S/C12H21N3O7S/c1-13-23(18,19)8-9(6-20-2)22-11(7-21-3)15-5-4-10(16)14-12(15)17/h4-5,9,11,13H,6-8H2,1-3H3,(H,14,16,17)/t9-,11+/m0/s1. The summed E-state index contributed by atoms with van der Waals surface area (Å²) in [4.78, 5) is 25.1. The smallest absolute Gasteiger partial charge is 0.330 e. The van der Waals surface area contributed by atoms with Gasteiger partial charge < -0.3 is 14.2 Å². The van der Waals surface area contributed by atoms with E-state index in [1.54, 1.807) is 0 Å². The zero-order valence-electron chi connectivity index (χ0n) is 13.1. The Balaban J connectivity index is 3.03. The predicted octanol–water partition coefficient (Wildman–Crippen LogP) is -1.74. The van der Waals surface area contributed by atoms with Gasteiger partial charge in [0.05, 0.1) is 25.1 Å². The molecule has 10 nitrogen and oxygen atoms in total. The number of methoxy groups -OCH3 is 2. The summed E-state index contributed by atoms with van der Waals surface area (Å²) < 4.78 is 42.2. The van der Waals surface area contributed by atoms with Crippen LogP contribution in [0.1, 0.15) is 6.23 Å². The van der Waals surface area contributed by atoms with E-state index in [0.29, 0.717) is 0 Å². The molecule has 1 rings (SSSR count). The van der Waals surface area contributed by atoms with Crippen molar-refractivity contribution in [2.45, 2.75) is 12.3 Å². The van der Waals surface area contributed by atoms with Crippen molar-refractivity contribution in [1.29, 1.82) is 0 Å². The van der Waals surface area contributed by atoms with Crippen molar-refractivity contribution in [2.24, 2.45) is 0 Å². The zero-order valence-corrected chi connectivity index (χ0v) is 14.0. The summed E-state index contributed by atoms with van der Waals surface area (Å²) in [5.74, 6) is -0.352. The molecule has 0 aliphatic heterocycles. The zero-order chi connectivity index (χ0) is 17.5. The number of ether oxygens (including phenoxy) is 3. The van der Waals surface area contributed by atoms with Crippen LogP contribution in [0.5, 0.6) is 0 Å². The summed E-state index contributed by atoms with van der Waals surface area (Å²) in [5.41, 5.74) is -1.24. The highest BCUT2D eigenvalue weighted by molar-refractivity contribution is 7.89. The summed E-state index contributed by atoms with van der Waals surface area (Å²) in [6.07, 6.45) is -0.505. The summed E-state index contributed by atoms with van der Waals surface area (Å²) in [6, 6.07) is 1.16. The van der Waals surface area contributed by atoms with Gasteiger partial charge in [-0.15, -0.1) is 0 Å². The number of rotatable bonds is 10. The first kappa shape index (κ1) is 19.5. The molecule has 0 saturated carbocycles. The molecule has 1 heterocycles. The Bertz CT molecular complexity index is 697. The third-order valence-corrected chi connectivity index (χ3v) is 4.32. The molecule has 0 aliphatic rings. The Morgan fingerprint density at radius 1 is 1.26 bits per heavy atom. The molecule has 11 heteroatoms. The van der Waals surface area contributed by atoms with Crippen LogP contribution in [-0.4, -0.2) is 64.3 Å². The van der Waals surface area contributed by atoms with Crippen molar-refractivity contribution >= 4 is 10.0 Å². The third-order valence-electron chi connectivity index (χ3n) is 2.89. The Kier molecular flexibility index (Phi) is 7.58. The lowest BCUT2D eigenvalue weighted by atomic mass is 10.4. The van der Waals surface area contributed by atoms with E-state index in [1.165, 1.54) is 27.5 Å². The van der Waals surface area contributed by atoms with Gasteiger partial charge in [0, 0.05) is 26.5 Å². The first-order valence-corrected chi connectivity index (χ1v) is 8.34. The molecular formula is C12H21N3O7S. The Morgan fingerprint density at radius 2 is 1.91 bits per heavy atom. The van der Waals surface area contributed by atoms with Gasteiger partial charge in [0.15, 0.2) is 6.23 Å². The lowest BCUT2D eigenvalue weighted by molar-refractivity contribution is -0.101. The third kappa shape index (κ3) is 6.23. The second-order valence-corrected chi connectivity index (χ2v) is 6.60. The van der Waals surface area contributed by atoms with Crippen LogP contribution < -0.4 is 16.0 Å².